The van der Waals surface area contributed by atoms with Gasteiger partial charge in [-0.25, -0.2) is 14.4 Å². The number of alkyl halides is 1. The van der Waals surface area contributed by atoms with Crippen LogP contribution in [0, 0.1) is 0 Å². The van der Waals surface area contributed by atoms with E-state index in [0.29, 0.717) is 30.4 Å². The van der Waals surface area contributed by atoms with Gasteiger partial charge in [-0.05, 0) is 35.4 Å². The molecule has 1 aliphatic rings. The van der Waals surface area contributed by atoms with Crippen LogP contribution < -0.4 is 10.3 Å². The molecule has 32 heavy (non-hydrogen) atoms. The summed E-state index contributed by atoms with van der Waals surface area (Å²) in [5, 5.41) is 12.7. The maximum absolute atomic E-state index is 13.4. The van der Waals surface area contributed by atoms with E-state index < -0.39 is 13.0 Å². The number of benzene rings is 2. The van der Waals surface area contributed by atoms with Gasteiger partial charge in [0.25, 0.3) is 5.56 Å². The molecule has 1 saturated heterocycles. The number of rotatable bonds is 5. The molecule has 3 heterocycles. The van der Waals surface area contributed by atoms with Gasteiger partial charge in [-0.3, -0.25) is 9.36 Å². The Hall–Kier alpha value is -3.36. The Kier molecular flexibility index (Phi) is 5.55. The average Bonchev–Trinajstić information content (AvgIpc) is 2.82. The Morgan fingerprint density at radius 2 is 2.00 bits per heavy atom. The molecule has 1 aliphatic heterocycles. The van der Waals surface area contributed by atoms with Gasteiger partial charge in [-0.1, -0.05) is 30.3 Å². The summed E-state index contributed by atoms with van der Waals surface area (Å²) < 4.78 is 24.0. The van der Waals surface area contributed by atoms with Crippen molar-refractivity contribution in [2.75, 3.05) is 20.1 Å². The summed E-state index contributed by atoms with van der Waals surface area (Å²) in [5.74, 6) is 0.224. The van der Waals surface area contributed by atoms with Crippen molar-refractivity contribution >= 4 is 21.7 Å². The second-order valence-electron chi connectivity index (χ2n) is 7.87. The maximum atomic E-state index is 13.4. The molecular formula is C24H22FN3O4. The molecule has 0 bridgehead atoms. The first-order chi connectivity index (χ1) is 15.7. The van der Waals surface area contributed by atoms with Crippen molar-refractivity contribution < 1.29 is 19.0 Å². The standard InChI is InChI=1S/C24H22FN3O4/c25-13-32-22-6-5-15(11-26-22)9-16-10-19-23(18-4-2-1-3-17(16)18)27-14-28(24(19)30)20-7-8-31-12-21(20)29/h1-6,10-11,14,20-21,29H,7-9,12-13H2/t20-,21-/m0/s1. The Labute approximate surface area is 183 Å². The van der Waals surface area contributed by atoms with Gasteiger partial charge in [0, 0.05) is 24.3 Å². The van der Waals surface area contributed by atoms with Gasteiger partial charge < -0.3 is 14.6 Å². The number of halogens is 1. The number of nitrogens with zero attached hydrogens (tertiary/aromatic N) is 3. The molecule has 5 rings (SSSR count). The smallest absolute Gasteiger partial charge is 0.261 e. The molecule has 0 saturated carbocycles. The average molecular weight is 435 g/mol. The van der Waals surface area contributed by atoms with E-state index in [-0.39, 0.29) is 24.1 Å². The third-order valence-corrected chi connectivity index (χ3v) is 5.92. The van der Waals surface area contributed by atoms with Crippen LogP contribution in [0.5, 0.6) is 5.88 Å². The minimum atomic E-state index is -0.928. The molecular weight excluding hydrogens is 413 g/mol. The second-order valence-corrected chi connectivity index (χ2v) is 7.87. The first-order valence-corrected chi connectivity index (χ1v) is 10.5. The van der Waals surface area contributed by atoms with E-state index in [1.807, 2.05) is 36.4 Å². The lowest BCUT2D eigenvalue weighted by Crippen LogP contribution is -2.39. The molecule has 1 N–H and O–H groups in total. The zero-order valence-corrected chi connectivity index (χ0v) is 17.3. The first-order valence-electron chi connectivity index (χ1n) is 10.5. The summed E-state index contributed by atoms with van der Waals surface area (Å²) in [6, 6.07) is 12.8. The fraction of sp³-hybridized carbons (Fsp3) is 0.292. The highest BCUT2D eigenvalue weighted by atomic mass is 19.1. The lowest BCUT2D eigenvalue weighted by Gasteiger charge is -2.29. The van der Waals surface area contributed by atoms with E-state index in [1.165, 1.54) is 10.9 Å². The van der Waals surface area contributed by atoms with Crippen LogP contribution in [0.15, 0.2) is 59.8 Å². The summed E-state index contributed by atoms with van der Waals surface area (Å²) >= 11 is 0. The number of hydrogen-bond acceptors (Lipinski definition) is 6. The first kappa shape index (κ1) is 20.5. The van der Waals surface area contributed by atoms with Crippen molar-refractivity contribution in [3.8, 4) is 5.88 Å². The van der Waals surface area contributed by atoms with Gasteiger partial charge in [0.2, 0.25) is 12.7 Å². The van der Waals surface area contributed by atoms with E-state index in [1.54, 1.807) is 12.3 Å². The molecule has 0 amide bonds. The van der Waals surface area contributed by atoms with Gasteiger partial charge in [0.15, 0.2) is 0 Å². The number of aromatic nitrogens is 3. The SMILES string of the molecule is O=c1c2cc(Cc3ccc(OCF)nc3)c3ccccc3c2ncn1[C@H]1CCOC[C@@H]1O. The number of aliphatic hydroxyl groups is 1. The van der Waals surface area contributed by atoms with Crippen LogP contribution >= 0.6 is 0 Å². The van der Waals surface area contributed by atoms with Crippen LogP contribution in [0.2, 0.25) is 0 Å². The molecule has 2 atom stereocenters. The van der Waals surface area contributed by atoms with Gasteiger partial charge in [-0.15, -0.1) is 0 Å². The summed E-state index contributed by atoms with van der Waals surface area (Å²) in [6.45, 7) is -0.236. The third kappa shape index (κ3) is 3.72. The van der Waals surface area contributed by atoms with E-state index >= 15 is 0 Å². The Bertz CT molecular complexity index is 1320. The highest BCUT2D eigenvalue weighted by Gasteiger charge is 2.27. The minimum Gasteiger partial charge on any atom is -0.446 e. The number of fused-ring (bicyclic) bond motifs is 3. The van der Waals surface area contributed by atoms with Gasteiger partial charge in [0.1, 0.15) is 0 Å². The lowest BCUT2D eigenvalue weighted by atomic mass is 9.96. The number of hydrogen-bond donors (Lipinski definition) is 1. The molecule has 0 radical (unpaired) electrons. The highest BCUT2D eigenvalue weighted by molar-refractivity contribution is 6.06. The Morgan fingerprint density at radius 1 is 1.16 bits per heavy atom. The predicted molar refractivity (Wildman–Crippen MR) is 118 cm³/mol. The van der Waals surface area contributed by atoms with Gasteiger partial charge in [0.05, 0.1) is 36.0 Å². The van der Waals surface area contributed by atoms with Crippen molar-refractivity contribution in [2.45, 2.75) is 25.0 Å². The Balaban J connectivity index is 1.63. The van der Waals surface area contributed by atoms with Crippen molar-refractivity contribution in [3.05, 3.63) is 76.5 Å². The normalized spacial score (nSPS) is 18.8. The molecule has 164 valence electrons. The third-order valence-electron chi connectivity index (χ3n) is 5.92. The molecule has 2 aromatic heterocycles. The molecule has 8 heteroatoms. The predicted octanol–water partition coefficient (Wildman–Crippen LogP) is 3.16. The number of ether oxygens (including phenoxy) is 2. The van der Waals surface area contributed by atoms with Crippen molar-refractivity contribution in [2.24, 2.45) is 0 Å². The van der Waals surface area contributed by atoms with Crippen molar-refractivity contribution in [3.63, 3.8) is 0 Å². The van der Waals surface area contributed by atoms with Gasteiger partial charge >= 0.3 is 0 Å². The van der Waals surface area contributed by atoms with E-state index in [4.69, 9.17) is 9.47 Å². The molecule has 4 aromatic rings. The van der Waals surface area contributed by atoms with Crippen LogP contribution in [0.1, 0.15) is 23.6 Å². The fourth-order valence-electron chi connectivity index (χ4n) is 4.34. The topological polar surface area (TPSA) is 86.5 Å². The monoisotopic (exact) mass is 435 g/mol. The number of aliphatic hydroxyl groups excluding tert-OH is 1. The molecule has 7 nitrogen and oxygen atoms in total. The number of pyridine rings is 1. The molecule has 0 aliphatic carbocycles. The lowest BCUT2D eigenvalue weighted by molar-refractivity contribution is -0.0395. The molecule has 0 spiro atoms. The maximum Gasteiger partial charge on any atom is 0.261 e. The van der Waals surface area contributed by atoms with Crippen LogP contribution in [0.25, 0.3) is 21.7 Å². The molecule has 1 fully saturated rings. The van der Waals surface area contributed by atoms with Crippen molar-refractivity contribution in [1.29, 1.82) is 0 Å². The quantitative estimate of drug-likeness (QED) is 0.485. The van der Waals surface area contributed by atoms with E-state index in [9.17, 15) is 14.3 Å². The van der Waals surface area contributed by atoms with E-state index in [2.05, 4.69) is 9.97 Å². The largest absolute Gasteiger partial charge is 0.446 e. The van der Waals surface area contributed by atoms with Gasteiger partial charge in [-0.2, -0.15) is 0 Å². The van der Waals surface area contributed by atoms with Crippen LogP contribution in [0.4, 0.5) is 4.39 Å². The van der Waals surface area contributed by atoms with Crippen LogP contribution in [-0.4, -0.2) is 45.8 Å². The fourth-order valence-corrected chi connectivity index (χ4v) is 4.34. The summed E-state index contributed by atoms with van der Waals surface area (Å²) in [5.41, 5.74) is 2.32. The summed E-state index contributed by atoms with van der Waals surface area (Å²) in [4.78, 5) is 22.2. The zero-order chi connectivity index (χ0) is 22.1. The second kappa shape index (κ2) is 8.64. The van der Waals surface area contributed by atoms with Crippen molar-refractivity contribution in [1.82, 2.24) is 14.5 Å². The minimum absolute atomic E-state index is 0.183. The Morgan fingerprint density at radius 3 is 2.75 bits per heavy atom. The molecule has 2 aromatic carbocycles. The summed E-state index contributed by atoms with van der Waals surface area (Å²) in [6.07, 6.45) is 3.51. The highest BCUT2D eigenvalue weighted by Crippen LogP contribution is 2.29. The zero-order valence-electron chi connectivity index (χ0n) is 17.3. The van der Waals surface area contributed by atoms with Crippen LogP contribution in [-0.2, 0) is 11.2 Å². The van der Waals surface area contributed by atoms with E-state index in [0.717, 1.165) is 21.9 Å². The van der Waals surface area contributed by atoms with Crippen LogP contribution in [0.3, 0.4) is 0 Å². The molecule has 0 unspecified atom stereocenters. The summed E-state index contributed by atoms with van der Waals surface area (Å²) in [7, 11) is 0.